The number of amides is 1. The number of hydrogen-bond donors (Lipinski definition) is 1. The summed E-state index contributed by atoms with van der Waals surface area (Å²) < 4.78 is 33.4. The van der Waals surface area contributed by atoms with E-state index in [2.05, 4.69) is 15.5 Å². The van der Waals surface area contributed by atoms with E-state index in [-0.39, 0.29) is 17.3 Å². The summed E-state index contributed by atoms with van der Waals surface area (Å²) in [4.78, 5) is 18.6. The Labute approximate surface area is 191 Å². The molecule has 1 atom stereocenters. The number of aromatic nitrogens is 2. The third-order valence-electron chi connectivity index (χ3n) is 5.55. The molecule has 0 saturated carbocycles. The first-order valence-corrected chi connectivity index (χ1v) is 12.8. The molecule has 3 aromatic rings. The third kappa shape index (κ3) is 4.62. The molecule has 1 amide bonds. The molecule has 1 N–H and O–H groups in total. The van der Waals surface area contributed by atoms with Crippen LogP contribution in [0.2, 0.25) is 0 Å². The van der Waals surface area contributed by atoms with Crippen LogP contribution in [0.5, 0.6) is 0 Å². The standard InChI is InChI=1S/C22H26N4O4S2/c1-4-20-24-21(25-30-20)18-12-19(15(3)31-18)32(28,29)26-11-5-6-16(13-26)22(27)23-17-9-7-14(2)8-10-17/h7-10,12,16H,4-6,11,13H2,1-3H3,(H,23,27)/t16-/m1/s1. The van der Waals surface area contributed by atoms with Gasteiger partial charge in [-0.3, -0.25) is 4.79 Å². The number of sulfonamides is 1. The van der Waals surface area contributed by atoms with Crippen LogP contribution in [0.3, 0.4) is 0 Å². The van der Waals surface area contributed by atoms with Crippen LogP contribution in [0.15, 0.2) is 39.8 Å². The lowest BCUT2D eigenvalue weighted by molar-refractivity contribution is -0.120. The topological polar surface area (TPSA) is 105 Å². The molecule has 0 aliphatic carbocycles. The first-order valence-electron chi connectivity index (χ1n) is 10.6. The summed E-state index contributed by atoms with van der Waals surface area (Å²) in [5.74, 6) is 0.345. The van der Waals surface area contributed by atoms with Gasteiger partial charge in [0.05, 0.1) is 15.7 Å². The van der Waals surface area contributed by atoms with Gasteiger partial charge in [-0.05, 0) is 44.9 Å². The van der Waals surface area contributed by atoms with E-state index >= 15 is 0 Å². The summed E-state index contributed by atoms with van der Waals surface area (Å²) in [6.45, 7) is 6.22. The second kappa shape index (κ2) is 9.13. The highest BCUT2D eigenvalue weighted by Gasteiger charge is 2.35. The second-order valence-electron chi connectivity index (χ2n) is 7.95. The zero-order chi connectivity index (χ0) is 22.9. The van der Waals surface area contributed by atoms with E-state index in [0.29, 0.717) is 53.0 Å². The van der Waals surface area contributed by atoms with Crippen molar-refractivity contribution in [3.8, 4) is 10.7 Å². The molecule has 0 unspecified atom stereocenters. The Balaban J connectivity index is 1.51. The molecule has 1 saturated heterocycles. The minimum Gasteiger partial charge on any atom is -0.339 e. The Morgan fingerprint density at radius 1 is 1.28 bits per heavy atom. The largest absolute Gasteiger partial charge is 0.339 e. The molecular weight excluding hydrogens is 448 g/mol. The SMILES string of the molecule is CCc1nc(-c2cc(S(=O)(=O)N3CCC[C@@H](C(=O)Nc4ccc(C)cc4)C3)c(C)s2)no1. The average molecular weight is 475 g/mol. The Bertz CT molecular complexity index is 1220. The maximum atomic E-state index is 13.4. The zero-order valence-electron chi connectivity index (χ0n) is 18.3. The Hall–Kier alpha value is -2.56. The third-order valence-corrected chi connectivity index (χ3v) is 8.72. The van der Waals surface area contributed by atoms with Crippen LogP contribution in [0.25, 0.3) is 10.7 Å². The van der Waals surface area contributed by atoms with E-state index in [9.17, 15) is 13.2 Å². The number of carbonyl (C=O) groups is 1. The van der Waals surface area contributed by atoms with Crippen molar-refractivity contribution in [1.29, 1.82) is 0 Å². The number of aryl methyl sites for hydroxylation is 3. The average Bonchev–Trinajstić information content (AvgIpc) is 3.42. The molecule has 1 aromatic carbocycles. The van der Waals surface area contributed by atoms with Crippen LogP contribution in [0, 0.1) is 19.8 Å². The molecule has 8 nitrogen and oxygen atoms in total. The molecule has 0 radical (unpaired) electrons. The minimum atomic E-state index is -3.75. The summed E-state index contributed by atoms with van der Waals surface area (Å²) >= 11 is 1.32. The number of benzene rings is 1. The molecule has 170 valence electrons. The molecular formula is C22H26N4O4S2. The van der Waals surface area contributed by atoms with Crippen LogP contribution in [0.4, 0.5) is 5.69 Å². The van der Waals surface area contributed by atoms with Crippen molar-refractivity contribution in [2.24, 2.45) is 5.92 Å². The normalized spacial score (nSPS) is 17.4. The fraction of sp³-hybridized carbons (Fsp3) is 0.409. The van der Waals surface area contributed by atoms with Crippen molar-refractivity contribution in [2.75, 3.05) is 18.4 Å². The smallest absolute Gasteiger partial charge is 0.244 e. The highest BCUT2D eigenvalue weighted by Crippen LogP contribution is 2.35. The van der Waals surface area contributed by atoms with Gasteiger partial charge in [-0.25, -0.2) is 8.42 Å². The van der Waals surface area contributed by atoms with E-state index in [4.69, 9.17) is 4.52 Å². The number of piperidine rings is 1. The van der Waals surface area contributed by atoms with Crippen LogP contribution < -0.4 is 5.32 Å². The number of carbonyl (C=O) groups excluding carboxylic acids is 1. The number of thiophene rings is 1. The summed E-state index contributed by atoms with van der Waals surface area (Å²) in [7, 11) is -3.75. The van der Waals surface area contributed by atoms with Gasteiger partial charge in [0.15, 0.2) is 0 Å². The van der Waals surface area contributed by atoms with Crippen molar-refractivity contribution in [1.82, 2.24) is 14.4 Å². The molecule has 4 rings (SSSR count). The minimum absolute atomic E-state index is 0.157. The molecule has 32 heavy (non-hydrogen) atoms. The molecule has 1 fully saturated rings. The predicted molar refractivity (Wildman–Crippen MR) is 123 cm³/mol. The lowest BCUT2D eigenvalue weighted by atomic mass is 9.98. The first-order chi connectivity index (χ1) is 15.3. The van der Waals surface area contributed by atoms with Gasteiger partial charge in [0.2, 0.25) is 27.6 Å². The van der Waals surface area contributed by atoms with Crippen LogP contribution in [-0.2, 0) is 21.2 Å². The molecule has 3 heterocycles. The molecule has 0 spiro atoms. The lowest BCUT2D eigenvalue weighted by Crippen LogP contribution is -2.43. The molecule has 2 aromatic heterocycles. The van der Waals surface area contributed by atoms with Crippen LogP contribution in [0.1, 0.15) is 36.1 Å². The first kappa shape index (κ1) is 22.6. The van der Waals surface area contributed by atoms with Gasteiger partial charge >= 0.3 is 0 Å². The second-order valence-corrected chi connectivity index (χ2v) is 11.1. The van der Waals surface area contributed by atoms with E-state index in [1.807, 2.05) is 38.1 Å². The van der Waals surface area contributed by atoms with E-state index < -0.39 is 15.9 Å². The van der Waals surface area contributed by atoms with Crippen molar-refractivity contribution < 1.29 is 17.7 Å². The molecule has 10 heteroatoms. The van der Waals surface area contributed by atoms with E-state index in [1.54, 1.807) is 13.0 Å². The van der Waals surface area contributed by atoms with E-state index in [0.717, 1.165) is 5.56 Å². The summed E-state index contributed by atoms with van der Waals surface area (Å²) in [6.07, 6.45) is 1.90. The van der Waals surface area contributed by atoms with Crippen molar-refractivity contribution >= 4 is 33.0 Å². The molecule has 0 bridgehead atoms. The summed E-state index contributed by atoms with van der Waals surface area (Å²) in [5.41, 5.74) is 1.82. The van der Waals surface area contributed by atoms with Gasteiger partial charge in [-0.2, -0.15) is 9.29 Å². The van der Waals surface area contributed by atoms with Gasteiger partial charge in [0.25, 0.3) is 0 Å². The number of anilines is 1. The van der Waals surface area contributed by atoms with Gasteiger partial charge in [0, 0.05) is 30.1 Å². The molecule has 1 aliphatic rings. The zero-order valence-corrected chi connectivity index (χ0v) is 19.9. The Morgan fingerprint density at radius 3 is 2.72 bits per heavy atom. The van der Waals surface area contributed by atoms with Gasteiger partial charge in [0.1, 0.15) is 0 Å². The number of hydrogen-bond acceptors (Lipinski definition) is 7. The quantitative estimate of drug-likeness (QED) is 0.579. The fourth-order valence-electron chi connectivity index (χ4n) is 3.73. The van der Waals surface area contributed by atoms with E-state index in [1.165, 1.54) is 15.6 Å². The van der Waals surface area contributed by atoms with Crippen molar-refractivity contribution in [3.63, 3.8) is 0 Å². The van der Waals surface area contributed by atoms with Crippen molar-refractivity contribution in [2.45, 2.75) is 44.9 Å². The fourth-order valence-corrected chi connectivity index (χ4v) is 6.74. The Kier molecular flexibility index (Phi) is 6.45. The Morgan fingerprint density at radius 2 is 2.03 bits per heavy atom. The maximum Gasteiger partial charge on any atom is 0.244 e. The highest BCUT2D eigenvalue weighted by molar-refractivity contribution is 7.89. The number of nitrogens with one attached hydrogen (secondary N) is 1. The van der Waals surface area contributed by atoms with Crippen LogP contribution >= 0.6 is 11.3 Å². The number of nitrogens with zero attached hydrogens (tertiary/aromatic N) is 3. The maximum absolute atomic E-state index is 13.4. The van der Waals surface area contributed by atoms with Gasteiger partial charge < -0.3 is 9.84 Å². The molecule has 1 aliphatic heterocycles. The van der Waals surface area contributed by atoms with Gasteiger partial charge in [-0.1, -0.05) is 29.8 Å². The van der Waals surface area contributed by atoms with Crippen molar-refractivity contribution in [3.05, 3.63) is 46.7 Å². The lowest BCUT2D eigenvalue weighted by Gasteiger charge is -2.31. The summed E-state index contributed by atoms with van der Waals surface area (Å²) in [5, 5.41) is 6.86. The summed E-state index contributed by atoms with van der Waals surface area (Å²) in [6, 6.07) is 9.16. The van der Waals surface area contributed by atoms with Crippen LogP contribution in [-0.4, -0.2) is 41.9 Å². The van der Waals surface area contributed by atoms with Gasteiger partial charge in [-0.15, -0.1) is 11.3 Å². The monoisotopic (exact) mass is 474 g/mol. The predicted octanol–water partition coefficient (Wildman–Crippen LogP) is 4.02. The number of rotatable bonds is 6. The highest BCUT2D eigenvalue weighted by atomic mass is 32.2.